The van der Waals surface area contributed by atoms with Crippen LogP contribution >= 0.6 is 0 Å². The predicted molar refractivity (Wildman–Crippen MR) is 148 cm³/mol. The van der Waals surface area contributed by atoms with Gasteiger partial charge < -0.3 is 15.3 Å². The van der Waals surface area contributed by atoms with Crippen LogP contribution < -0.4 is 21.3 Å². The van der Waals surface area contributed by atoms with E-state index >= 15 is 0 Å². The molecule has 2 N–H and O–H groups in total. The number of piperazine rings is 1. The van der Waals surface area contributed by atoms with Crippen molar-refractivity contribution in [3.05, 3.63) is 27.0 Å². The van der Waals surface area contributed by atoms with Gasteiger partial charge in [0.15, 0.2) is 0 Å². The number of likely N-dealkylation sites (N-methyl/N-ethyl adjacent to an activating group) is 1. The highest BCUT2D eigenvalue weighted by atomic mass is 16.3. The molecule has 1 unspecified atom stereocenters. The SMILES string of the molecule is C[C@@H]1CN(C2(C)C=c3c(c4cnc(NCC5CC5)nc4n(C4CCC(O)CC4)c3=O)=CC2)[C@@H](C)CN1C. The second kappa shape index (κ2) is 9.47. The Morgan fingerprint density at radius 1 is 1.08 bits per heavy atom. The lowest BCUT2D eigenvalue weighted by molar-refractivity contribution is 0.0125. The molecular formula is C29H42N6O2. The molecule has 3 heterocycles. The van der Waals surface area contributed by atoms with Crippen LogP contribution in [0.1, 0.15) is 71.8 Å². The summed E-state index contributed by atoms with van der Waals surface area (Å²) < 4.78 is 1.94. The lowest BCUT2D eigenvalue weighted by atomic mass is 9.86. The van der Waals surface area contributed by atoms with Gasteiger partial charge in [-0.25, -0.2) is 4.98 Å². The van der Waals surface area contributed by atoms with Crippen LogP contribution in [-0.2, 0) is 0 Å². The molecule has 0 amide bonds. The topological polar surface area (TPSA) is 86.5 Å². The van der Waals surface area contributed by atoms with Gasteiger partial charge in [-0.05, 0) is 83.9 Å². The van der Waals surface area contributed by atoms with E-state index in [9.17, 15) is 9.90 Å². The largest absolute Gasteiger partial charge is 0.393 e. The molecule has 3 atom stereocenters. The van der Waals surface area contributed by atoms with Crippen molar-refractivity contribution >= 4 is 29.1 Å². The van der Waals surface area contributed by atoms with E-state index in [4.69, 9.17) is 4.98 Å². The molecule has 4 aliphatic rings. The Morgan fingerprint density at radius 3 is 2.57 bits per heavy atom. The predicted octanol–water partition coefficient (Wildman–Crippen LogP) is 1.84. The number of hydrogen-bond acceptors (Lipinski definition) is 7. The van der Waals surface area contributed by atoms with Crippen molar-refractivity contribution in [2.45, 2.75) is 95.5 Å². The van der Waals surface area contributed by atoms with Gasteiger partial charge in [-0.3, -0.25) is 14.3 Å². The average molecular weight is 507 g/mol. The normalized spacial score (nSPS) is 33.0. The molecule has 3 aliphatic carbocycles. The van der Waals surface area contributed by atoms with Crippen LogP contribution in [0.2, 0.25) is 0 Å². The van der Waals surface area contributed by atoms with E-state index in [1.165, 1.54) is 12.8 Å². The second-order valence-corrected chi connectivity index (χ2v) is 12.4. The quantitative estimate of drug-likeness (QED) is 0.640. The summed E-state index contributed by atoms with van der Waals surface area (Å²) in [6, 6.07) is 0.919. The number of aliphatic hydroxyl groups is 1. The van der Waals surface area contributed by atoms with Gasteiger partial charge in [0.25, 0.3) is 5.56 Å². The van der Waals surface area contributed by atoms with Crippen LogP contribution in [0, 0.1) is 5.92 Å². The van der Waals surface area contributed by atoms with Crippen LogP contribution in [0.3, 0.4) is 0 Å². The van der Waals surface area contributed by atoms with Crippen LogP contribution in [0.5, 0.6) is 0 Å². The highest BCUT2D eigenvalue weighted by molar-refractivity contribution is 5.78. The zero-order chi connectivity index (χ0) is 25.9. The van der Waals surface area contributed by atoms with Crippen molar-refractivity contribution in [2.75, 3.05) is 32.0 Å². The molecule has 0 bridgehead atoms. The number of rotatable bonds is 5. The average Bonchev–Trinajstić information content (AvgIpc) is 3.71. The summed E-state index contributed by atoms with van der Waals surface area (Å²) in [6.07, 6.45) is 12.5. The molecule has 8 nitrogen and oxygen atoms in total. The van der Waals surface area contributed by atoms with Gasteiger partial charge in [-0.1, -0.05) is 12.2 Å². The fourth-order valence-corrected chi connectivity index (χ4v) is 6.78. The maximum absolute atomic E-state index is 14.3. The van der Waals surface area contributed by atoms with Crippen molar-refractivity contribution < 1.29 is 5.11 Å². The molecule has 0 spiro atoms. The first-order valence-electron chi connectivity index (χ1n) is 14.3. The molecule has 1 aliphatic heterocycles. The Morgan fingerprint density at radius 2 is 1.84 bits per heavy atom. The molecular weight excluding hydrogens is 464 g/mol. The van der Waals surface area contributed by atoms with Gasteiger partial charge in [-0.2, -0.15) is 4.98 Å². The van der Waals surface area contributed by atoms with E-state index < -0.39 is 0 Å². The Balaban J connectivity index is 1.49. The molecule has 6 rings (SSSR count). The third-order valence-corrected chi connectivity index (χ3v) is 9.43. The monoisotopic (exact) mass is 506 g/mol. The third kappa shape index (κ3) is 4.61. The van der Waals surface area contributed by atoms with Crippen LogP contribution in [0.25, 0.3) is 23.2 Å². The number of pyridine rings is 1. The number of nitrogens with zero attached hydrogens (tertiary/aromatic N) is 5. The first kappa shape index (κ1) is 25.0. The molecule has 8 heteroatoms. The third-order valence-electron chi connectivity index (χ3n) is 9.43. The fourth-order valence-electron chi connectivity index (χ4n) is 6.78. The lowest BCUT2D eigenvalue weighted by Gasteiger charge is -2.50. The van der Waals surface area contributed by atoms with Crippen LogP contribution in [-0.4, -0.2) is 79.8 Å². The molecule has 200 valence electrons. The van der Waals surface area contributed by atoms with Gasteiger partial charge in [0.1, 0.15) is 5.65 Å². The smallest absolute Gasteiger partial charge is 0.260 e. The van der Waals surface area contributed by atoms with E-state index in [1.807, 2.05) is 10.8 Å². The maximum atomic E-state index is 14.3. The Hall–Kier alpha value is -2.29. The lowest BCUT2D eigenvalue weighted by Crippen LogP contribution is -2.63. The van der Waals surface area contributed by atoms with Crippen molar-refractivity contribution in [3.8, 4) is 0 Å². The fraction of sp³-hybridized carbons (Fsp3) is 0.690. The summed E-state index contributed by atoms with van der Waals surface area (Å²) in [5, 5.41) is 16.3. The summed E-state index contributed by atoms with van der Waals surface area (Å²) >= 11 is 0. The summed E-state index contributed by atoms with van der Waals surface area (Å²) in [5.74, 6) is 1.32. The van der Waals surface area contributed by atoms with Gasteiger partial charge in [0.2, 0.25) is 5.95 Å². The number of nitrogens with one attached hydrogen (secondary N) is 1. The molecule has 0 radical (unpaired) electrons. The molecule has 0 aromatic carbocycles. The van der Waals surface area contributed by atoms with E-state index in [2.05, 4.69) is 60.1 Å². The minimum Gasteiger partial charge on any atom is -0.393 e. The molecule has 2 aromatic rings. The van der Waals surface area contributed by atoms with Crippen molar-refractivity contribution in [1.29, 1.82) is 0 Å². The number of anilines is 1. The minimum absolute atomic E-state index is 0.0408. The summed E-state index contributed by atoms with van der Waals surface area (Å²) in [7, 11) is 2.20. The van der Waals surface area contributed by atoms with Crippen molar-refractivity contribution in [3.63, 3.8) is 0 Å². The number of hydrogen-bond donors (Lipinski definition) is 2. The number of aromatic nitrogens is 3. The van der Waals surface area contributed by atoms with Crippen molar-refractivity contribution in [1.82, 2.24) is 24.3 Å². The molecule has 1 saturated heterocycles. The Bertz CT molecular complexity index is 1360. The minimum atomic E-state index is -0.273. The number of aliphatic hydroxyl groups excluding tert-OH is 1. The summed E-state index contributed by atoms with van der Waals surface area (Å²) in [6.45, 7) is 9.76. The zero-order valence-corrected chi connectivity index (χ0v) is 22.8. The Labute approximate surface area is 219 Å². The Kier molecular flexibility index (Phi) is 6.40. The maximum Gasteiger partial charge on any atom is 0.260 e. The van der Waals surface area contributed by atoms with Crippen LogP contribution in [0.15, 0.2) is 11.0 Å². The van der Waals surface area contributed by atoms with Crippen molar-refractivity contribution in [2.24, 2.45) is 5.92 Å². The molecule has 2 aromatic heterocycles. The summed E-state index contributed by atoms with van der Waals surface area (Å²) in [5.41, 5.74) is 0.558. The van der Waals surface area contributed by atoms with E-state index in [-0.39, 0.29) is 23.2 Å². The van der Waals surface area contributed by atoms with Gasteiger partial charge in [-0.15, -0.1) is 0 Å². The zero-order valence-electron chi connectivity index (χ0n) is 22.8. The summed E-state index contributed by atoms with van der Waals surface area (Å²) in [4.78, 5) is 28.9. The van der Waals surface area contributed by atoms with Gasteiger partial charge >= 0.3 is 0 Å². The molecule has 3 fully saturated rings. The first-order chi connectivity index (χ1) is 17.7. The van der Waals surface area contributed by atoms with Gasteiger partial charge in [0, 0.05) is 60.1 Å². The molecule has 2 saturated carbocycles. The second-order valence-electron chi connectivity index (χ2n) is 12.4. The number of fused-ring (bicyclic) bond motifs is 3. The van der Waals surface area contributed by atoms with Gasteiger partial charge in [0.05, 0.1) is 6.10 Å². The highest BCUT2D eigenvalue weighted by Gasteiger charge is 2.39. The van der Waals surface area contributed by atoms with E-state index in [0.717, 1.165) is 73.2 Å². The van der Waals surface area contributed by atoms with E-state index in [0.29, 0.717) is 23.9 Å². The first-order valence-corrected chi connectivity index (χ1v) is 14.3. The highest BCUT2D eigenvalue weighted by Crippen LogP contribution is 2.32. The van der Waals surface area contributed by atoms with E-state index in [1.54, 1.807) is 0 Å². The van der Waals surface area contributed by atoms with Crippen LogP contribution in [0.4, 0.5) is 5.95 Å². The standard InChI is InChI=1S/C29H42N6O2/c1-18-17-34(19(2)16-33(18)4)29(3)12-11-23-24(13-29)27(37)35(21-7-9-22(36)10-8-21)26-25(23)15-31-28(32-26)30-14-20-5-6-20/h11,13,15,18-22,36H,5-10,12,14,16-17H2,1-4H3,(H,30,31,32)/t18-,19+,21?,22?,29?/m1/s1. The molecule has 37 heavy (non-hydrogen) atoms.